The second kappa shape index (κ2) is 5.95. The molecular formula is C16H25N3OS. The first-order valence-corrected chi connectivity index (χ1v) is 9.16. The molecule has 0 radical (unpaired) electrons. The molecule has 21 heavy (non-hydrogen) atoms. The molecule has 0 aromatic carbocycles. The molecule has 0 bridgehead atoms. The topological polar surface area (TPSA) is 37.4 Å². The lowest BCUT2D eigenvalue weighted by Gasteiger charge is -2.34. The summed E-state index contributed by atoms with van der Waals surface area (Å²) in [5.41, 5.74) is 1.36. The highest BCUT2D eigenvalue weighted by Crippen LogP contribution is 2.38. The molecule has 3 aliphatic rings. The lowest BCUT2D eigenvalue weighted by molar-refractivity contribution is -0.0503. The van der Waals surface area contributed by atoms with Gasteiger partial charge in [0, 0.05) is 29.9 Å². The largest absolute Gasteiger partial charge is 0.368 e. The third-order valence-corrected chi connectivity index (χ3v) is 6.43. The van der Waals surface area contributed by atoms with E-state index in [-0.39, 0.29) is 6.10 Å². The maximum Gasteiger partial charge on any atom is 0.123 e. The standard InChI is InChI=1S/C16H25N3OS/c1-17-8-11-4-2-6-14-15(11)18-16(21-14)13-9-19-7-3-5-12(19)10-20-13/h11-13,17H,2-10H2,1H3. The fraction of sp³-hybridized carbons (Fsp3) is 0.812. The number of aryl methyl sites for hydroxylation is 1. The van der Waals surface area contributed by atoms with Crippen LogP contribution >= 0.6 is 11.3 Å². The first kappa shape index (κ1) is 14.1. The van der Waals surface area contributed by atoms with E-state index in [4.69, 9.17) is 9.72 Å². The molecule has 1 aromatic rings. The number of likely N-dealkylation sites (N-methyl/N-ethyl adjacent to an activating group) is 1. The van der Waals surface area contributed by atoms with Crippen molar-refractivity contribution in [1.29, 1.82) is 0 Å². The predicted octanol–water partition coefficient (Wildman–Crippen LogP) is 2.32. The number of rotatable bonds is 3. The van der Waals surface area contributed by atoms with Crippen LogP contribution < -0.4 is 5.32 Å². The number of nitrogens with one attached hydrogen (secondary N) is 1. The number of nitrogens with zero attached hydrogens (tertiary/aromatic N) is 2. The van der Waals surface area contributed by atoms with Gasteiger partial charge in [-0.1, -0.05) is 0 Å². The Balaban J connectivity index is 1.53. The van der Waals surface area contributed by atoms with Gasteiger partial charge < -0.3 is 10.1 Å². The number of hydrogen-bond acceptors (Lipinski definition) is 5. The van der Waals surface area contributed by atoms with Crippen molar-refractivity contribution >= 4 is 11.3 Å². The predicted molar refractivity (Wildman–Crippen MR) is 85.0 cm³/mol. The van der Waals surface area contributed by atoms with Gasteiger partial charge in [-0.05, 0) is 45.7 Å². The fourth-order valence-corrected chi connectivity index (χ4v) is 5.31. The first-order valence-electron chi connectivity index (χ1n) is 8.35. The van der Waals surface area contributed by atoms with E-state index in [1.165, 1.54) is 54.2 Å². The van der Waals surface area contributed by atoms with Crippen LogP contribution in [0, 0.1) is 0 Å². The van der Waals surface area contributed by atoms with Crippen LogP contribution in [0.3, 0.4) is 0 Å². The monoisotopic (exact) mass is 307 g/mol. The van der Waals surface area contributed by atoms with E-state index in [2.05, 4.69) is 10.2 Å². The Morgan fingerprint density at radius 1 is 1.38 bits per heavy atom. The summed E-state index contributed by atoms with van der Waals surface area (Å²) >= 11 is 1.92. The van der Waals surface area contributed by atoms with Gasteiger partial charge >= 0.3 is 0 Å². The van der Waals surface area contributed by atoms with Crippen molar-refractivity contribution in [3.63, 3.8) is 0 Å². The third kappa shape index (κ3) is 2.65. The summed E-state index contributed by atoms with van der Waals surface area (Å²) in [7, 11) is 2.04. The Hall–Kier alpha value is -0.490. The highest BCUT2D eigenvalue weighted by atomic mass is 32.1. The normalized spacial score (nSPS) is 32.9. The van der Waals surface area contributed by atoms with E-state index in [0.717, 1.165) is 19.7 Å². The van der Waals surface area contributed by atoms with Crippen LogP contribution in [0.25, 0.3) is 0 Å². The van der Waals surface area contributed by atoms with E-state index in [9.17, 15) is 0 Å². The van der Waals surface area contributed by atoms with Gasteiger partial charge in [-0.3, -0.25) is 4.90 Å². The Kier molecular flexibility index (Phi) is 4.00. The van der Waals surface area contributed by atoms with Gasteiger partial charge in [0.2, 0.25) is 0 Å². The van der Waals surface area contributed by atoms with Gasteiger partial charge in [0.15, 0.2) is 0 Å². The summed E-state index contributed by atoms with van der Waals surface area (Å²) in [6, 6.07) is 0.674. The minimum atomic E-state index is 0.213. The highest BCUT2D eigenvalue weighted by Gasteiger charge is 2.35. The summed E-state index contributed by atoms with van der Waals surface area (Å²) < 4.78 is 6.14. The minimum Gasteiger partial charge on any atom is -0.368 e. The molecule has 0 amide bonds. The minimum absolute atomic E-state index is 0.213. The Bertz CT molecular complexity index is 504. The number of morpholine rings is 1. The lowest BCUT2D eigenvalue weighted by Crippen LogP contribution is -2.42. The van der Waals surface area contributed by atoms with Crippen molar-refractivity contribution in [2.24, 2.45) is 0 Å². The van der Waals surface area contributed by atoms with E-state index >= 15 is 0 Å². The van der Waals surface area contributed by atoms with Crippen molar-refractivity contribution in [2.45, 2.75) is 50.2 Å². The van der Waals surface area contributed by atoms with Crippen LogP contribution in [-0.4, -0.2) is 49.2 Å². The molecule has 1 aromatic heterocycles. The molecule has 0 spiro atoms. The Morgan fingerprint density at radius 2 is 2.33 bits per heavy atom. The van der Waals surface area contributed by atoms with Crippen LogP contribution in [-0.2, 0) is 11.2 Å². The second-order valence-electron chi connectivity index (χ2n) is 6.62. The quantitative estimate of drug-likeness (QED) is 0.930. The van der Waals surface area contributed by atoms with Crippen molar-refractivity contribution < 1.29 is 4.74 Å². The molecule has 1 N–H and O–H groups in total. The van der Waals surface area contributed by atoms with E-state index in [0.29, 0.717) is 12.0 Å². The average molecular weight is 307 g/mol. The molecule has 2 fully saturated rings. The number of ether oxygens (including phenoxy) is 1. The maximum absolute atomic E-state index is 6.14. The van der Waals surface area contributed by atoms with Crippen LogP contribution in [0.1, 0.15) is 53.3 Å². The molecule has 4 rings (SSSR count). The Labute approximate surface area is 130 Å². The third-order valence-electron chi connectivity index (χ3n) is 5.20. The van der Waals surface area contributed by atoms with Gasteiger partial charge in [-0.2, -0.15) is 0 Å². The van der Waals surface area contributed by atoms with Crippen molar-refractivity contribution in [2.75, 3.05) is 33.3 Å². The zero-order valence-corrected chi connectivity index (χ0v) is 13.6. The van der Waals surface area contributed by atoms with Gasteiger partial charge in [0.05, 0.1) is 12.3 Å². The maximum atomic E-state index is 6.14. The van der Waals surface area contributed by atoms with Crippen LogP contribution in [0.2, 0.25) is 0 Å². The van der Waals surface area contributed by atoms with Gasteiger partial charge in [-0.25, -0.2) is 4.98 Å². The lowest BCUT2D eigenvalue weighted by atomic mass is 9.91. The van der Waals surface area contributed by atoms with E-state index < -0.39 is 0 Å². The van der Waals surface area contributed by atoms with Crippen molar-refractivity contribution in [3.8, 4) is 0 Å². The fourth-order valence-electron chi connectivity index (χ4n) is 4.08. The number of aromatic nitrogens is 1. The SMILES string of the molecule is CNCC1CCCc2sc(C3CN4CCCC4CO3)nc21. The zero-order chi connectivity index (χ0) is 14.2. The molecular weight excluding hydrogens is 282 g/mol. The molecule has 1 aliphatic carbocycles. The zero-order valence-electron chi connectivity index (χ0n) is 12.8. The van der Waals surface area contributed by atoms with Crippen LogP contribution in [0.5, 0.6) is 0 Å². The summed E-state index contributed by atoms with van der Waals surface area (Å²) in [6.07, 6.45) is 6.65. The first-order chi connectivity index (χ1) is 10.3. The molecule has 116 valence electrons. The van der Waals surface area contributed by atoms with Crippen LogP contribution in [0.15, 0.2) is 0 Å². The summed E-state index contributed by atoms with van der Waals surface area (Å²) in [4.78, 5) is 9.14. The molecule has 0 saturated carbocycles. The second-order valence-corrected chi connectivity index (χ2v) is 7.74. The molecule has 2 saturated heterocycles. The smallest absolute Gasteiger partial charge is 0.123 e. The van der Waals surface area contributed by atoms with Gasteiger partial charge in [0.25, 0.3) is 0 Å². The molecule has 3 unspecified atom stereocenters. The molecule has 3 atom stereocenters. The van der Waals surface area contributed by atoms with Crippen molar-refractivity contribution in [3.05, 3.63) is 15.6 Å². The number of fused-ring (bicyclic) bond motifs is 2. The number of hydrogen-bond donors (Lipinski definition) is 1. The molecule has 4 nitrogen and oxygen atoms in total. The van der Waals surface area contributed by atoms with Gasteiger partial charge in [0.1, 0.15) is 11.1 Å². The molecule has 3 heterocycles. The summed E-state index contributed by atoms with van der Waals surface area (Å²) in [5, 5.41) is 4.55. The number of thiazole rings is 1. The molecule has 5 heteroatoms. The highest BCUT2D eigenvalue weighted by molar-refractivity contribution is 7.11. The van der Waals surface area contributed by atoms with E-state index in [1.807, 2.05) is 18.4 Å². The van der Waals surface area contributed by atoms with Crippen LogP contribution in [0.4, 0.5) is 0 Å². The average Bonchev–Trinajstić information content (AvgIpc) is 3.13. The van der Waals surface area contributed by atoms with Crippen molar-refractivity contribution in [1.82, 2.24) is 15.2 Å². The Morgan fingerprint density at radius 3 is 3.24 bits per heavy atom. The molecule has 2 aliphatic heterocycles. The summed E-state index contributed by atoms with van der Waals surface area (Å²) in [6.45, 7) is 4.25. The summed E-state index contributed by atoms with van der Waals surface area (Å²) in [5.74, 6) is 0.604. The van der Waals surface area contributed by atoms with Gasteiger partial charge in [-0.15, -0.1) is 11.3 Å². The van der Waals surface area contributed by atoms with E-state index in [1.54, 1.807) is 0 Å².